The molecular weight excluding hydrogens is 180 g/mol. The average Bonchev–Trinajstić information content (AvgIpc) is 2.52. The molecule has 8 nitrogen and oxygen atoms in total. The number of esters is 1. The molecule has 0 saturated carbocycles. The van der Waals surface area contributed by atoms with Crippen LogP contribution in [0.5, 0.6) is 0 Å². The van der Waals surface area contributed by atoms with Gasteiger partial charge in [-0.3, -0.25) is 4.79 Å². The molecular formula is C5H6N4O4. The summed E-state index contributed by atoms with van der Waals surface area (Å²) in [6, 6.07) is 0. The highest BCUT2D eigenvalue weighted by Crippen LogP contribution is 2.11. The zero-order chi connectivity index (χ0) is 9.84. The van der Waals surface area contributed by atoms with E-state index in [4.69, 9.17) is 0 Å². The molecule has 0 radical (unpaired) electrons. The topological polar surface area (TPSA) is 111 Å². The van der Waals surface area contributed by atoms with Crippen LogP contribution in [0.3, 0.4) is 0 Å². The van der Waals surface area contributed by atoms with Crippen molar-refractivity contribution in [2.24, 2.45) is 0 Å². The first-order valence-corrected chi connectivity index (χ1v) is 3.26. The molecule has 13 heavy (non-hydrogen) atoms. The fourth-order valence-corrected chi connectivity index (χ4v) is 0.721. The average molecular weight is 186 g/mol. The molecule has 0 saturated heterocycles. The van der Waals surface area contributed by atoms with E-state index in [9.17, 15) is 14.9 Å². The van der Waals surface area contributed by atoms with Crippen LogP contribution in [0.2, 0.25) is 0 Å². The maximum atomic E-state index is 10.7. The predicted molar refractivity (Wildman–Crippen MR) is 38.8 cm³/mol. The summed E-state index contributed by atoms with van der Waals surface area (Å²) < 4.78 is 4.32. The van der Waals surface area contributed by atoms with Crippen LogP contribution < -0.4 is 0 Å². The number of carbonyl (C=O) groups is 1. The van der Waals surface area contributed by atoms with Crippen molar-refractivity contribution in [3.05, 3.63) is 15.8 Å². The van der Waals surface area contributed by atoms with E-state index in [0.717, 1.165) is 0 Å². The third kappa shape index (κ3) is 1.98. The summed E-state index contributed by atoms with van der Waals surface area (Å²) in [5, 5.41) is 19.1. The van der Waals surface area contributed by atoms with Crippen LogP contribution in [-0.4, -0.2) is 33.4 Å². The van der Waals surface area contributed by atoms with Gasteiger partial charge in [-0.1, -0.05) is 0 Å². The van der Waals surface area contributed by atoms with E-state index in [1.807, 2.05) is 0 Å². The molecule has 1 heterocycles. The van der Waals surface area contributed by atoms with Gasteiger partial charge >= 0.3 is 11.8 Å². The number of ether oxygens (including phenoxy) is 1. The molecule has 1 aromatic rings. The van der Waals surface area contributed by atoms with Crippen molar-refractivity contribution in [3.8, 4) is 0 Å². The number of aromatic amines is 1. The van der Waals surface area contributed by atoms with Gasteiger partial charge in [0.15, 0.2) is 5.69 Å². The summed E-state index contributed by atoms with van der Waals surface area (Å²) in [6.45, 7) is 0. The number of hydrogen-bond donors (Lipinski definition) is 1. The van der Waals surface area contributed by atoms with Crippen LogP contribution in [0.15, 0.2) is 0 Å². The van der Waals surface area contributed by atoms with E-state index < -0.39 is 16.7 Å². The molecule has 0 atom stereocenters. The molecule has 0 fully saturated rings. The highest BCUT2D eigenvalue weighted by molar-refractivity contribution is 5.72. The van der Waals surface area contributed by atoms with E-state index in [1.165, 1.54) is 7.11 Å². The maximum Gasteiger partial charge on any atom is 0.413 e. The zero-order valence-corrected chi connectivity index (χ0v) is 6.68. The Labute approximate surface area is 72.0 Å². The van der Waals surface area contributed by atoms with E-state index in [2.05, 4.69) is 20.1 Å². The van der Waals surface area contributed by atoms with Gasteiger partial charge < -0.3 is 14.9 Å². The Hall–Kier alpha value is -1.99. The van der Waals surface area contributed by atoms with Crippen molar-refractivity contribution >= 4 is 11.8 Å². The first-order valence-electron chi connectivity index (χ1n) is 3.26. The van der Waals surface area contributed by atoms with Crippen molar-refractivity contribution < 1.29 is 14.5 Å². The Morgan fingerprint density at radius 3 is 2.92 bits per heavy atom. The van der Waals surface area contributed by atoms with Crippen LogP contribution in [0, 0.1) is 10.1 Å². The van der Waals surface area contributed by atoms with Gasteiger partial charge in [0.1, 0.15) is 0 Å². The fourth-order valence-electron chi connectivity index (χ4n) is 0.721. The Morgan fingerprint density at radius 1 is 1.69 bits per heavy atom. The van der Waals surface area contributed by atoms with Gasteiger partial charge in [-0.25, -0.2) is 0 Å². The molecule has 0 unspecified atom stereocenters. The van der Waals surface area contributed by atoms with Gasteiger partial charge in [0, 0.05) is 0 Å². The lowest BCUT2D eigenvalue weighted by Gasteiger charge is -1.93. The van der Waals surface area contributed by atoms with Crippen molar-refractivity contribution in [2.45, 2.75) is 6.42 Å². The highest BCUT2D eigenvalue weighted by atomic mass is 16.6. The minimum atomic E-state index is -0.720. The molecule has 1 aromatic heterocycles. The van der Waals surface area contributed by atoms with Crippen molar-refractivity contribution in [1.82, 2.24) is 15.4 Å². The number of aromatic nitrogens is 3. The Bertz CT molecular complexity index is 333. The molecule has 0 aliphatic rings. The van der Waals surface area contributed by atoms with Crippen molar-refractivity contribution in [1.29, 1.82) is 0 Å². The Morgan fingerprint density at radius 2 is 2.38 bits per heavy atom. The number of nitrogens with one attached hydrogen (secondary N) is 1. The molecule has 0 aliphatic carbocycles. The molecule has 0 bridgehead atoms. The number of rotatable bonds is 3. The Balaban J connectivity index is 2.82. The zero-order valence-electron chi connectivity index (χ0n) is 6.68. The largest absolute Gasteiger partial charge is 0.469 e. The van der Waals surface area contributed by atoms with E-state index in [-0.39, 0.29) is 12.1 Å². The predicted octanol–water partition coefficient (Wildman–Crippen LogP) is -0.572. The second kappa shape index (κ2) is 3.61. The van der Waals surface area contributed by atoms with Gasteiger partial charge in [-0.05, 0) is 4.92 Å². The first-order chi connectivity index (χ1) is 6.15. The molecule has 0 spiro atoms. The quantitative estimate of drug-likeness (QED) is 0.384. The SMILES string of the molecule is COC(=O)Cc1n[nH]nc1[N+](=O)[O-]. The molecule has 1 rings (SSSR count). The first kappa shape index (κ1) is 9.10. The van der Waals surface area contributed by atoms with Gasteiger partial charge in [-0.2, -0.15) is 0 Å². The van der Waals surface area contributed by atoms with E-state index in [1.54, 1.807) is 0 Å². The number of nitro groups is 1. The third-order valence-corrected chi connectivity index (χ3v) is 1.31. The summed E-state index contributed by atoms with van der Waals surface area (Å²) >= 11 is 0. The third-order valence-electron chi connectivity index (χ3n) is 1.31. The molecule has 1 N–H and O–H groups in total. The molecule has 0 aromatic carbocycles. The number of carbonyl (C=O) groups excluding carboxylic acids is 1. The maximum absolute atomic E-state index is 10.7. The van der Waals surface area contributed by atoms with Gasteiger partial charge in [0.05, 0.1) is 18.6 Å². The lowest BCUT2D eigenvalue weighted by atomic mass is 10.3. The van der Waals surface area contributed by atoms with Crippen molar-refractivity contribution in [3.63, 3.8) is 0 Å². The molecule has 0 aliphatic heterocycles. The fraction of sp³-hybridized carbons (Fsp3) is 0.400. The summed E-state index contributed by atoms with van der Waals surface area (Å²) in [5.41, 5.74) is -0.0307. The number of H-pyrrole nitrogens is 1. The van der Waals surface area contributed by atoms with Gasteiger partial charge in [-0.15, -0.1) is 10.3 Å². The van der Waals surface area contributed by atoms with E-state index in [0.29, 0.717) is 0 Å². The van der Waals surface area contributed by atoms with Gasteiger partial charge in [0.2, 0.25) is 0 Å². The minimum absolute atomic E-state index is 0.0307. The summed E-state index contributed by atoms with van der Waals surface area (Å²) in [6.07, 6.45) is -0.261. The standard InChI is InChI=1S/C5H6N4O4/c1-13-4(10)2-3-5(9(11)12)7-8-6-3/h2H2,1H3,(H,6,7,8). The number of nitrogens with zero attached hydrogens (tertiary/aromatic N) is 3. The van der Waals surface area contributed by atoms with E-state index >= 15 is 0 Å². The number of methoxy groups -OCH3 is 1. The van der Waals surface area contributed by atoms with Crippen molar-refractivity contribution in [2.75, 3.05) is 7.11 Å². The van der Waals surface area contributed by atoms with Gasteiger partial charge in [0.25, 0.3) is 0 Å². The summed E-state index contributed by atoms with van der Waals surface area (Å²) in [7, 11) is 1.19. The van der Waals surface area contributed by atoms with Crippen LogP contribution in [-0.2, 0) is 16.0 Å². The molecule has 0 amide bonds. The smallest absolute Gasteiger partial charge is 0.413 e. The van der Waals surface area contributed by atoms with Crippen LogP contribution >= 0.6 is 0 Å². The highest BCUT2D eigenvalue weighted by Gasteiger charge is 2.21. The molecule has 70 valence electrons. The van der Waals surface area contributed by atoms with Crippen LogP contribution in [0.1, 0.15) is 5.69 Å². The minimum Gasteiger partial charge on any atom is -0.469 e. The lowest BCUT2D eigenvalue weighted by molar-refractivity contribution is -0.390. The monoisotopic (exact) mass is 186 g/mol. The Kier molecular flexibility index (Phi) is 2.52. The number of hydrogen-bond acceptors (Lipinski definition) is 6. The second-order valence-electron chi connectivity index (χ2n) is 2.10. The summed E-state index contributed by atoms with van der Waals surface area (Å²) in [4.78, 5) is 20.3. The van der Waals surface area contributed by atoms with Crippen LogP contribution in [0.25, 0.3) is 0 Å². The normalized spacial score (nSPS) is 9.62. The van der Waals surface area contributed by atoms with Crippen LogP contribution in [0.4, 0.5) is 5.82 Å². The molecule has 8 heteroatoms. The summed E-state index contributed by atoms with van der Waals surface area (Å²) in [5.74, 6) is -1.05. The lowest BCUT2D eigenvalue weighted by Crippen LogP contribution is -2.06. The second-order valence-corrected chi connectivity index (χ2v) is 2.10.